The standard InChI is InChI=1S/C4H6O3.C4H10O2/c1-3-2-6-4(5)7-3;1-4(5-2)6-3/h3H,2H2,1H3;4H,1-3H3. The third-order valence-corrected chi connectivity index (χ3v) is 1.40. The molecule has 1 fully saturated rings. The van der Waals surface area contributed by atoms with Crippen LogP contribution in [-0.2, 0) is 18.9 Å². The molecule has 0 aromatic heterocycles. The number of ether oxygens (including phenoxy) is 4. The number of cyclic esters (lactones) is 2. The number of carbonyl (C=O) groups excluding carboxylic acids is 1. The average Bonchev–Trinajstić information content (AvgIpc) is 2.49. The first-order valence-electron chi connectivity index (χ1n) is 3.99. The third-order valence-electron chi connectivity index (χ3n) is 1.40. The van der Waals surface area contributed by atoms with Gasteiger partial charge in [0.2, 0.25) is 0 Å². The highest BCUT2D eigenvalue weighted by atomic mass is 16.8. The molecule has 0 aromatic carbocycles. The molecule has 5 heteroatoms. The molecular weight excluding hydrogens is 176 g/mol. The lowest BCUT2D eigenvalue weighted by molar-refractivity contribution is -0.0877. The van der Waals surface area contributed by atoms with Crippen LogP contribution in [0.15, 0.2) is 0 Å². The Morgan fingerprint density at radius 1 is 1.46 bits per heavy atom. The molecule has 13 heavy (non-hydrogen) atoms. The summed E-state index contributed by atoms with van der Waals surface area (Å²) < 4.78 is 18.3. The molecule has 0 bridgehead atoms. The highest BCUT2D eigenvalue weighted by Crippen LogP contribution is 2.02. The third kappa shape index (κ3) is 6.36. The molecular formula is C8H16O5. The van der Waals surface area contributed by atoms with E-state index in [4.69, 9.17) is 0 Å². The van der Waals surface area contributed by atoms with Gasteiger partial charge in [-0.05, 0) is 13.8 Å². The number of hydrogen-bond donors (Lipinski definition) is 0. The van der Waals surface area contributed by atoms with Crippen molar-refractivity contribution in [3.05, 3.63) is 0 Å². The molecule has 0 spiro atoms. The monoisotopic (exact) mass is 192 g/mol. The molecule has 1 aliphatic rings. The second-order valence-corrected chi connectivity index (χ2v) is 2.53. The van der Waals surface area contributed by atoms with E-state index in [0.29, 0.717) is 6.61 Å². The quantitative estimate of drug-likeness (QED) is 0.485. The maximum absolute atomic E-state index is 10.0. The molecule has 0 radical (unpaired) electrons. The van der Waals surface area contributed by atoms with Gasteiger partial charge in [0.25, 0.3) is 0 Å². The molecule has 0 amide bonds. The van der Waals surface area contributed by atoms with Crippen LogP contribution in [0.2, 0.25) is 0 Å². The zero-order valence-electron chi connectivity index (χ0n) is 8.40. The van der Waals surface area contributed by atoms with Gasteiger partial charge < -0.3 is 18.9 Å². The van der Waals surface area contributed by atoms with Crippen molar-refractivity contribution in [3.8, 4) is 0 Å². The molecule has 5 nitrogen and oxygen atoms in total. The number of carbonyl (C=O) groups is 1. The average molecular weight is 192 g/mol. The summed E-state index contributed by atoms with van der Waals surface area (Å²) in [6.07, 6.45) is -0.662. The number of rotatable bonds is 2. The Labute approximate surface area is 77.9 Å². The van der Waals surface area contributed by atoms with Crippen LogP contribution >= 0.6 is 0 Å². The summed E-state index contributed by atoms with van der Waals surface area (Å²) in [6, 6.07) is 0. The van der Waals surface area contributed by atoms with Crippen molar-refractivity contribution in [2.75, 3.05) is 20.8 Å². The van der Waals surface area contributed by atoms with Crippen LogP contribution in [0, 0.1) is 0 Å². The largest absolute Gasteiger partial charge is 0.508 e. The van der Waals surface area contributed by atoms with E-state index >= 15 is 0 Å². The Morgan fingerprint density at radius 3 is 2.08 bits per heavy atom. The van der Waals surface area contributed by atoms with E-state index in [0.717, 1.165) is 0 Å². The van der Waals surface area contributed by atoms with Gasteiger partial charge in [0, 0.05) is 14.2 Å². The lowest BCUT2D eigenvalue weighted by Crippen LogP contribution is -2.05. The summed E-state index contributed by atoms with van der Waals surface area (Å²) in [4.78, 5) is 10.0. The maximum Gasteiger partial charge on any atom is 0.508 e. The Balaban J connectivity index is 0.000000226. The normalized spacial score (nSPS) is 20.4. The van der Waals surface area contributed by atoms with Crippen molar-refractivity contribution >= 4 is 6.16 Å². The summed E-state index contributed by atoms with van der Waals surface area (Å²) >= 11 is 0. The molecule has 78 valence electrons. The van der Waals surface area contributed by atoms with Gasteiger partial charge in [-0.25, -0.2) is 4.79 Å². The molecule has 0 aromatic rings. The lowest BCUT2D eigenvalue weighted by Gasteiger charge is -2.03. The summed E-state index contributed by atoms with van der Waals surface area (Å²) in [5.74, 6) is 0. The van der Waals surface area contributed by atoms with Gasteiger partial charge in [0.1, 0.15) is 12.7 Å². The van der Waals surface area contributed by atoms with Gasteiger partial charge in [-0.15, -0.1) is 0 Å². The van der Waals surface area contributed by atoms with Crippen LogP contribution in [0.5, 0.6) is 0 Å². The summed E-state index contributed by atoms with van der Waals surface area (Å²) in [5, 5.41) is 0. The molecule has 1 atom stereocenters. The van der Waals surface area contributed by atoms with Crippen LogP contribution < -0.4 is 0 Å². The maximum atomic E-state index is 10.0. The Kier molecular flexibility index (Phi) is 6.26. The zero-order chi connectivity index (χ0) is 10.3. The van der Waals surface area contributed by atoms with Crippen molar-refractivity contribution < 1.29 is 23.7 Å². The van der Waals surface area contributed by atoms with E-state index in [9.17, 15) is 4.79 Å². The fraction of sp³-hybridized carbons (Fsp3) is 0.875. The zero-order valence-corrected chi connectivity index (χ0v) is 8.40. The summed E-state index contributed by atoms with van der Waals surface area (Å²) in [5.41, 5.74) is 0. The summed E-state index contributed by atoms with van der Waals surface area (Å²) in [7, 11) is 3.21. The van der Waals surface area contributed by atoms with E-state index in [1.165, 1.54) is 0 Å². The summed E-state index contributed by atoms with van der Waals surface area (Å²) in [6.45, 7) is 4.02. The van der Waals surface area contributed by atoms with Crippen molar-refractivity contribution in [1.29, 1.82) is 0 Å². The van der Waals surface area contributed by atoms with Gasteiger partial charge >= 0.3 is 6.16 Å². The van der Waals surface area contributed by atoms with Crippen LogP contribution in [0.25, 0.3) is 0 Å². The molecule has 1 unspecified atom stereocenters. The van der Waals surface area contributed by atoms with E-state index in [2.05, 4.69) is 18.9 Å². The van der Waals surface area contributed by atoms with Gasteiger partial charge in [-0.3, -0.25) is 0 Å². The molecule has 0 N–H and O–H groups in total. The molecule has 1 heterocycles. The van der Waals surface area contributed by atoms with Crippen LogP contribution in [0.1, 0.15) is 13.8 Å². The van der Waals surface area contributed by atoms with Crippen molar-refractivity contribution in [2.24, 2.45) is 0 Å². The van der Waals surface area contributed by atoms with Crippen LogP contribution in [-0.4, -0.2) is 39.4 Å². The smallest absolute Gasteiger partial charge is 0.430 e. The Hall–Kier alpha value is -0.810. The Bertz CT molecular complexity index is 143. The second kappa shape index (κ2) is 6.68. The minimum absolute atomic E-state index is 0.0486. The molecule has 1 aliphatic heterocycles. The van der Waals surface area contributed by atoms with Crippen LogP contribution in [0.3, 0.4) is 0 Å². The first-order valence-corrected chi connectivity index (χ1v) is 3.99. The topological polar surface area (TPSA) is 54.0 Å². The van der Waals surface area contributed by atoms with E-state index in [-0.39, 0.29) is 12.4 Å². The SMILES string of the molecule is CC1COC(=O)O1.COC(C)OC. The molecule has 0 saturated carbocycles. The second-order valence-electron chi connectivity index (χ2n) is 2.53. The minimum atomic E-state index is -0.549. The van der Waals surface area contributed by atoms with Gasteiger partial charge in [0.15, 0.2) is 6.29 Å². The van der Waals surface area contributed by atoms with Gasteiger partial charge in [-0.2, -0.15) is 0 Å². The highest BCUT2D eigenvalue weighted by molar-refractivity contribution is 5.61. The fourth-order valence-corrected chi connectivity index (χ4v) is 0.514. The Morgan fingerprint density at radius 2 is 2.00 bits per heavy atom. The van der Waals surface area contributed by atoms with E-state index in [1.807, 2.05) is 6.92 Å². The lowest BCUT2D eigenvalue weighted by atomic mass is 10.5. The first kappa shape index (κ1) is 12.2. The van der Waals surface area contributed by atoms with Gasteiger partial charge in [-0.1, -0.05) is 0 Å². The van der Waals surface area contributed by atoms with E-state index < -0.39 is 6.16 Å². The van der Waals surface area contributed by atoms with Crippen molar-refractivity contribution in [1.82, 2.24) is 0 Å². The molecule has 1 saturated heterocycles. The molecule has 1 rings (SSSR count). The molecule has 0 aliphatic carbocycles. The van der Waals surface area contributed by atoms with Crippen molar-refractivity contribution in [3.63, 3.8) is 0 Å². The first-order chi connectivity index (χ1) is 6.10. The predicted octanol–water partition coefficient (Wildman–Crippen LogP) is 1.17. The van der Waals surface area contributed by atoms with Crippen LogP contribution in [0.4, 0.5) is 4.79 Å². The highest BCUT2D eigenvalue weighted by Gasteiger charge is 2.19. The fourth-order valence-electron chi connectivity index (χ4n) is 0.514. The predicted molar refractivity (Wildman–Crippen MR) is 45.4 cm³/mol. The van der Waals surface area contributed by atoms with E-state index in [1.54, 1.807) is 21.1 Å². The van der Waals surface area contributed by atoms with Crippen molar-refractivity contribution in [2.45, 2.75) is 26.2 Å². The number of hydrogen-bond acceptors (Lipinski definition) is 5. The number of methoxy groups -OCH3 is 2. The van der Waals surface area contributed by atoms with Gasteiger partial charge in [0.05, 0.1) is 0 Å². The minimum Gasteiger partial charge on any atom is -0.430 e.